The summed E-state index contributed by atoms with van der Waals surface area (Å²) in [5.74, 6) is -1.32. The van der Waals surface area contributed by atoms with Crippen molar-refractivity contribution in [3.8, 4) is 0 Å². The highest BCUT2D eigenvalue weighted by atomic mass is 19.1. The van der Waals surface area contributed by atoms with Gasteiger partial charge in [-0.15, -0.1) is 0 Å². The molecule has 6 heteroatoms. The van der Waals surface area contributed by atoms with Crippen LogP contribution in [0.25, 0.3) is 0 Å². The van der Waals surface area contributed by atoms with Crippen LogP contribution in [0, 0.1) is 12.7 Å². The molecule has 0 bridgehead atoms. The van der Waals surface area contributed by atoms with E-state index in [9.17, 15) is 9.18 Å². The predicted molar refractivity (Wildman–Crippen MR) is 58.4 cm³/mol. The van der Waals surface area contributed by atoms with Gasteiger partial charge in [0.25, 0.3) is 0 Å². The number of amides is 1. The highest BCUT2D eigenvalue weighted by Crippen LogP contribution is 2.13. The number of hydrogen-bond donors (Lipinski definition) is 0. The first-order valence-electron chi connectivity index (χ1n) is 5.32. The molecule has 0 radical (unpaired) electrons. The summed E-state index contributed by atoms with van der Waals surface area (Å²) in [6.45, 7) is 5.41. The molecule has 5 nitrogen and oxygen atoms in total. The van der Waals surface area contributed by atoms with Crippen LogP contribution in [0.1, 0.15) is 29.8 Å². The summed E-state index contributed by atoms with van der Waals surface area (Å²) in [5, 5.41) is 0.680. The van der Waals surface area contributed by atoms with E-state index >= 15 is 0 Å². The Labute approximate surface area is 99.1 Å². The zero-order valence-corrected chi connectivity index (χ0v) is 10.1. The Bertz CT molecular complexity index is 392. The minimum atomic E-state index is -0.706. The van der Waals surface area contributed by atoms with E-state index in [0.29, 0.717) is 10.8 Å². The Balaban J connectivity index is 2.96. The van der Waals surface area contributed by atoms with Gasteiger partial charge in [-0.3, -0.25) is 9.78 Å². The maximum atomic E-state index is 13.7. The van der Waals surface area contributed by atoms with E-state index in [-0.39, 0.29) is 18.8 Å². The predicted octanol–water partition coefficient (Wildman–Crippen LogP) is 1.87. The molecule has 1 amide bonds. The molecule has 0 unspecified atom stereocenters. The molecular formula is C11H15FN2O3. The van der Waals surface area contributed by atoms with Gasteiger partial charge in [0.05, 0.1) is 18.8 Å². The number of carbonyl (C=O) groups excluding carboxylic acids is 1. The minimum Gasteiger partial charge on any atom is -0.264 e. The highest BCUT2D eigenvalue weighted by molar-refractivity contribution is 5.93. The summed E-state index contributed by atoms with van der Waals surface area (Å²) in [4.78, 5) is 25.6. The minimum absolute atomic E-state index is 0.174. The SMILES string of the molecule is CCON(OCC)C(=O)c1cncc(C)c1F. The van der Waals surface area contributed by atoms with Gasteiger partial charge >= 0.3 is 5.91 Å². The number of carbonyl (C=O) groups is 1. The first kappa shape index (κ1) is 13.5. The van der Waals surface area contributed by atoms with Gasteiger partial charge in [0, 0.05) is 18.0 Å². The number of pyridine rings is 1. The van der Waals surface area contributed by atoms with Crippen molar-refractivity contribution in [1.82, 2.24) is 10.2 Å². The normalized spacial score (nSPS) is 10.4. The standard InChI is InChI=1S/C11H15FN2O3/c1-4-16-14(17-5-2)11(15)9-7-13-6-8(3)10(9)12/h6-7H,4-5H2,1-3H3. The number of rotatable bonds is 5. The summed E-state index contributed by atoms with van der Waals surface area (Å²) in [7, 11) is 0. The fourth-order valence-corrected chi connectivity index (χ4v) is 1.19. The van der Waals surface area contributed by atoms with Crippen LogP contribution >= 0.6 is 0 Å². The van der Waals surface area contributed by atoms with Crippen molar-refractivity contribution in [2.75, 3.05) is 13.2 Å². The molecule has 0 spiro atoms. The second-order valence-corrected chi connectivity index (χ2v) is 3.22. The molecule has 1 heterocycles. The maximum Gasteiger partial charge on any atom is 0.308 e. The van der Waals surface area contributed by atoms with Crippen LogP contribution in [-0.2, 0) is 9.68 Å². The lowest BCUT2D eigenvalue weighted by atomic mass is 10.2. The molecule has 0 atom stereocenters. The van der Waals surface area contributed by atoms with Gasteiger partial charge in [0.15, 0.2) is 0 Å². The molecule has 0 aliphatic rings. The van der Waals surface area contributed by atoms with Gasteiger partial charge in [-0.2, -0.15) is 0 Å². The number of nitrogens with zero attached hydrogens (tertiary/aromatic N) is 2. The van der Waals surface area contributed by atoms with Gasteiger partial charge in [0.2, 0.25) is 0 Å². The van der Waals surface area contributed by atoms with E-state index in [2.05, 4.69) is 4.98 Å². The molecule has 0 N–H and O–H groups in total. The van der Waals surface area contributed by atoms with Crippen LogP contribution in [0.15, 0.2) is 12.4 Å². The van der Waals surface area contributed by atoms with Gasteiger partial charge in [-0.25, -0.2) is 14.1 Å². The second kappa shape index (κ2) is 6.27. The van der Waals surface area contributed by atoms with Gasteiger partial charge < -0.3 is 0 Å². The lowest BCUT2D eigenvalue weighted by molar-refractivity contribution is -0.323. The molecule has 0 aromatic carbocycles. The van der Waals surface area contributed by atoms with Crippen molar-refractivity contribution in [1.29, 1.82) is 0 Å². The summed E-state index contributed by atoms with van der Waals surface area (Å²) < 4.78 is 13.7. The molecule has 94 valence electrons. The van der Waals surface area contributed by atoms with Crippen LogP contribution in [0.2, 0.25) is 0 Å². The van der Waals surface area contributed by atoms with Crippen LogP contribution in [0.3, 0.4) is 0 Å². The Morgan fingerprint density at radius 3 is 2.47 bits per heavy atom. The third kappa shape index (κ3) is 3.21. The molecule has 0 aliphatic carbocycles. The zero-order valence-electron chi connectivity index (χ0n) is 10.1. The van der Waals surface area contributed by atoms with Crippen molar-refractivity contribution < 1.29 is 18.9 Å². The first-order valence-corrected chi connectivity index (χ1v) is 5.32. The van der Waals surface area contributed by atoms with Gasteiger partial charge in [-0.05, 0) is 20.8 Å². The summed E-state index contributed by atoms with van der Waals surface area (Å²) in [5.41, 5.74) is 0.121. The van der Waals surface area contributed by atoms with Crippen molar-refractivity contribution >= 4 is 5.91 Å². The Morgan fingerprint density at radius 1 is 1.35 bits per heavy atom. The number of aromatic nitrogens is 1. The molecule has 0 saturated heterocycles. The molecule has 1 rings (SSSR count). The van der Waals surface area contributed by atoms with Crippen molar-refractivity contribution in [2.45, 2.75) is 20.8 Å². The van der Waals surface area contributed by atoms with Gasteiger partial charge in [0.1, 0.15) is 5.82 Å². The molecule has 0 saturated carbocycles. The van der Waals surface area contributed by atoms with Crippen molar-refractivity contribution in [2.24, 2.45) is 0 Å². The van der Waals surface area contributed by atoms with Crippen molar-refractivity contribution in [3.05, 3.63) is 29.3 Å². The molecule has 0 fully saturated rings. The molecule has 1 aromatic heterocycles. The second-order valence-electron chi connectivity index (χ2n) is 3.22. The lowest BCUT2D eigenvalue weighted by Gasteiger charge is -2.19. The van der Waals surface area contributed by atoms with Crippen molar-refractivity contribution in [3.63, 3.8) is 0 Å². The van der Waals surface area contributed by atoms with E-state index in [1.54, 1.807) is 13.8 Å². The first-order chi connectivity index (χ1) is 8.11. The van der Waals surface area contributed by atoms with Crippen LogP contribution in [-0.4, -0.2) is 29.3 Å². The molecule has 0 aliphatic heterocycles. The summed E-state index contributed by atoms with van der Waals surface area (Å²) in [6, 6.07) is 0. The maximum absolute atomic E-state index is 13.7. The summed E-state index contributed by atoms with van der Waals surface area (Å²) >= 11 is 0. The Hall–Kier alpha value is -1.53. The lowest BCUT2D eigenvalue weighted by Crippen LogP contribution is -2.32. The summed E-state index contributed by atoms with van der Waals surface area (Å²) in [6.07, 6.45) is 2.49. The van der Waals surface area contributed by atoms with E-state index in [0.717, 1.165) is 6.20 Å². The van der Waals surface area contributed by atoms with Crippen LogP contribution < -0.4 is 0 Å². The Morgan fingerprint density at radius 2 is 1.94 bits per heavy atom. The average molecular weight is 242 g/mol. The fraction of sp³-hybridized carbons (Fsp3) is 0.455. The van der Waals surface area contributed by atoms with E-state index in [1.807, 2.05) is 0 Å². The third-order valence-electron chi connectivity index (χ3n) is 1.94. The van der Waals surface area contributed by atoms with E-state index in [4.69, 9.17) is 9.68 Å². The largest absolute Gasteiger partial charge is 0.308 e. The Kier molecular flexibility index (Phi) is 4.99. The number of halogens is 1. The fourth-order valence-electron chi connectivity index (χ4n) is 1.19. The number of aryl methyl sites for hydroxylation is 1. The smallest absolute Gasteiger partial charge is 0.264 e. The quantitative estimate of drug-likeness (QED) is 0.740. The molecular weight excluding hydrogens is 227 g/mol. The topological polar surface area (TPSA) is 51.7 Å². The van der Waals surface area contributed by atoms with Crippen LogP contribution in [0.5, 0.6) is 0 Å². The monoisotopic (exact) mass is 242 g/mol. The number of hydrogen-bond acceptors (Lipinski definition) is 4. The third-order valence-corrected chi connectivity index (χ3v) is 1.94. The van der Waals surface area contributed by atoms with E-state index in [1.165, 1.54) is 13.1 Å². The van der Waals surface area contributed by atoms with Gasteiger partial charge in [-0.1, -0.05) is 5.23 Å². The average Bonchev–Trinajstić information content (AvgIpc) is 2.31. The molecule has 17 heavy (non-hydrogen) atoms. The highest BCUT2D eigenvalue weighted by Gasteiger charge is 2.22. The van der Waals surface area contributed by atoms with Crippen LogP contribution in [0.4, 0.5) is 4.39 Å². The number of hydroxylamine groups is 2. The van der Waals surface area contributed by atoms with E-state index < -0.39 is 11.7 Å². The molecule has 1 aromatic rings. The zero-order chi connectivity index (χ0) is 12.8.